The summed E-state index contributed by atoms with van der Waals surface area (Å²) in [5.74, 6) is -0.368. The SMILES string of the molecule is CS(=O)(=O)c1ccc2nc(NC(=O)c3ccc4c(c3)CCN4S(C)(=O)=O)sc2c1. The summed E-state index contributed by atoms with van der Waals surface area (Å²) in [6.07, 6.45) is 2.83. The lowest BCUT2D eigenvalue weighted by molar-refractivity contribution is 0.102. The number of fused-ring (bicyclic) bond motifs is 2. The molecule has 0 spiro atoms. The predicted octanol–water partition coefficient (Wildman–Crippen LogP) is 2.27. The number of benzene rings is 2. The molecule has 1 aromatic heterocycles. The molecule has 0 atom stereocenters. The third kappa shape index (κ3) is 3.85. The maximum absolute atomic E-state index is 12.6. The number of rotatable bonds is 4. The molecule has 3 aromatic rings. The average Bonchev–Trinajstić information content (AvgIpc) is 3.22. The molecule has 11 heteroatoms. The molecular formula is C18H17N3O5S3. The lowest BCUT2D eigenvalue weighted by Gasteiger charge is -2.16. The summed E-state index contributed by atoms with van der Waals surface area (Å²) in [4.78, 5) is 17.1. The number of thiazole rings is 1. The summed E-state index contributed by atoms with van der Waals surface area (Å²) in [6.45, 7) is 0.361. The molecule has 0 fully saturated rings. The zero-order valence-corrected chi connectivity index (χ0v) is 18.0. The van der Waals surface area contributed by atoms with Crippen LogP contribution >= 0.6 is 11.3 Å². The molecule has 2 heterocycles. The van der Waals surface area contributed by atoms with Gasteiger partial charge in [-0.3, -0.25) is 14.4 Å². The van der Waals surface area contributed by atoms with E-state index in [9.17, 15) is 21.6 Å². The fourth-order valence-electron chi connectivity index (χ4n) is 3.22. The first kappa shape index (κ1) is 19.8. The van der Waals surface area contributed by atoms with Crippen molar-refractivity contribution in [1.82, 2.24) is 4.98 Å². The van der Waals surface area contributed by atoms with Crippen LogP contribution in [0.25, 0.3) is 10.2 Å². The second-order valence-corrected chi connectivity index (χ2v) is 11.8. The van der Waals surface area contributed by atoms with E-state index in [-0.39, 0.29) is 10.8 Å². The number of nitrogens with zero attached hydrogens (tertiary/aromatic N) is 2. The van der Waals surface area contributed by atoms with E-state index < -0.39 is 19.9 Å². The van der Waals surface area contributed by atoms with Crippen LogP contribution in [0.3, 0.4) is 0 Å². The van der Waals surface area contributed by atoms with Crippen LogP contribution < -0.4 is 9.62 Å². The first-order valence-electron chi connectivity index (χ1n) is 8.55. The van der Waals surface area contributed by atoms with Crippen molar-refractivity contribution in [3.8, 4) is 0 Å². The minimum absolute atomic E-state index is 0.195. The van der Waals surface area contributed by atoms with Gasteiger partial charge in [0, 0.05) is 18.4 Å². The van der Waals surface area contributed by atoms with Crippen molar-refractivity contribution in [2.75, 3.05) is 28.7 Å². The summed E-state index contributed by atoms with van der Waals surface area (Å²) in [6, 6.07) is 9.52. The van der Waals surface area contributed by atoms with E-state index in [1.807, 2.05) is 0 Å². The third-order valence-electron chi connectivity index (χ3n) is 4.60. The fourth-order valence-corrected chi connectivity index (χ4v) is 5.80. The standard InChI is InChI=1S/C18H17N3O5S3/c1-28(23,24)13-4-5-14-16(10-13)27-18(19-14)20-17(22)12-3-6-15-11(9-12)7-8-21(15)29(2,25)26/h3-6,9-10H,7-8H2,1-2H3,(H,19,20,22). The van der Waals surface area contributed by atoms with Crippen molar-refractivity contribution in [3.05, 3.63) is 47.5 Å². The Bertz CT molecular complexity index is 1360. The highest BCUT2D eigenvalue weighted by molar-refractivity contribution is 7.92. The van der Waals surface area contributed by atoms with Crippen LogP contribution in [0.2, 0.25) is 0 Å². The van der Waals surface area contributed by atoms with Crippen LogP contribution in [0.15, 0.2) is 41.3 Å². The van der Waals surface area contributed by atoms with Crippen molar-refractivity contribution >= 4 is 58.1 Å². The largest absolute Gasteiger partial charge is 0.298 e. The number of anilines is 2. The average molecular weight is 452 g/mol. The molecule has 0 saturated heterocycles. The van der Waals surface area contributed by atoms with Crippen molar-refractivity contribution in [2.24, 2.45) is 0 Å². The number of amides is 1. The Kier molecular flexibility index (Phi) is 4.63. The summed E-state index contributed by atoms with van der Waals surface area (Å²) in [7, 11) is -6.67. The molecule has 29 heavy (non-hydrogen) atoms. The van der Waals surface area contributed by atoms with Crippen molar-refractivity contribution < 1.29 is 21.6 Å². The summed E-state index contributed by atoms with van der Waals surface area (Å²) in [5, 5.41) is 3.08. The quantitative estimate of drug-likeness (QED) is 0.651. The topological polar surface area (TPSA) is 114 Å². The first-order chi connectivity index (χ1) is 13.5. The van der Waals surface area contributed by atoms with Gasteiger partial charge in [0.15, 0.2) is 15.0 Å². The van der Waals surface area contributed by atoms with Gasteiger partial charge in [-0.2, -0.15) is 0 Å². The Morgan fingerprint density at radius 1 is 1.10 bits per heavy atom. The van der Waals surface area contributed by atoms with Gasteiger partial charge in [-0.25, -0.2) is 21.8 Å². The van der Waals surface area contributed by atoms with E-state index >= 15 is 0 Å². The van der Waals surface area contributed by atoms with Gasteiger partial charge in [0.25, 0.3) is 5.91 Å². The van der Waals surface area contributed by atoms with E-state index in [1.54, 1.807) is 24.3 Å². The highest BCUT2D eigenvalue weighted by atomic mass is 32.2. The van der Waals surface area contributed by atoms with Crippen LogP contribution in [0.5, 0.6) is 0 Å². The van der Waals surface area contributed by atoms with Gasteiger partial charge in [0.2, 0.25) is 10.0 Å². The summed E-state index contributed by atoms with van der Waals surface area (Å²) >= 11 is 1.18. The molecule has 1 amide bonds. The minimum Gasteiger partial charge on any atom is -0.298 e. The van der Waals surface area contributed by atoms with Gasteiger partial charge in [-0.05, 0) is 48.4 Å². The number of sulfone groups is 1. The molecule has 1 aliphatic heterocycles. The summed E-state index contributed by atoms with van der Waals surface area (Å²) in [5.41, 5.74) is 2.38. The van der Waals surface area contributed by atoms with Crippen LogP contribution in [-0.4, -0.2) is 46.8 Å². The molecule has 0 saturated carbocycles. The second-order valence-electron chi connectivity index (χ2n) is 6.80. The lowest BCUT2D eigenvalue weighted by atomic mass is 10.1. The lowest BCUT2D eigenvalue weighted by Crippen LogP contribution is -2.27. The van der Waals surface area contributed by atoms with Crippen LogP contribution in [0.1, 0.15) is 15.9 Å². The Balaban J connectivity index is 1.59. The van der Waals surface area contributed by atoms with Gasteiger partial charge < -0.3 is 0 Å². The van der Waals surface area contributed by atoms with Gasteiger partial charge in [-0.1, -0.05) is 11.3 Å². The van der Waals surface area contributed by atoms with Crippen molar-refractivity contribution in [3.63, 3.8) is 0 Å². The molecule has 1 aliphatic rings. The summed E-state index contributed by atoms with van der Waals surface area (Å²) < 4.78 is 49.0. The maximum atomic E-state index is 12.6. The number of aromatic nitrogens is 1. The second kappa shape index (κ2) is 6.78. The Labute approximate surface area is 172 Å². The normalized spacial score (nSPS) is 14.2. The monoisotopic (exact) mass is 451 g/mol. The number of carbonyl (C=O) groups excluding carboxylic acids is 1. The molecule has 0 unspecified atom stereocenters. The van der Waals surface area contributed by atoms with E-state index in [2.05, 4.69) is 10.3 Å². The van der Waals surface area contributed by atoms with Crippen LogP contribution in [-0.2, 0) is 26.3 Å². The van der Waals surface area contributed by atoms with E-state index in [1.165, 1.54) is 27.8 Å². The van der Waals surface area contributed by atoms with Crippen LogP contribution in [0.4, 0.5) is 10.8 Å². The molecule has 152 valence electrons. The molecular weight excluding hydrogens is 434 g/mol. The minimum atomic E-state index is -3.34. The molecule has 4 rings (SSSR count). The van der Waals surface area contributed by atoms with Crippen molar-refractivity contribution in [1.29, 1.82) is 0 Å². The third-order valence-corrected chi connectivity index (χ3v) is 7.83. The molecule has 8 nitrogen and oxygen atoms in total. The molecule has 0 radical (unpaired) electrons. The number of sulfonamides is 1. The number of nitrogens with one attached hydrogen (secondary N) is 1. The zero-order valence-electron chi connectivity index (χ0n) is 15.5. The van der Waals surface area contributed by atoms with E-state index in [0.717, 1.165) is 18.1 Å². The number of hydrogen-bond acceptors (Lipinski definition) is 7. The van der Waals surface area contributed by atoms with Crippen LogP contribution in [0, 0.1) is 0 Å². The first-order valence-corrected chi connectivity index (χ1v) is 13.1. The molecule has 0 aliphatic carbocycles. The number of hydrogen-bond donors (Lipinski definition) is 1. The molecule has 2 aromatic carbocycles. The van der Waals surface area contributed by atoms with Gasteiger partial charge in [0.1, 0.15) is 0 Å². The highest BCUT2D eigenvalue weighted by Crippen LogP contribution is 2.32. The molecule has 1 N–H and O–H groups in total. The number of carbonyl (C=O) groups is 1. The van der Waals surface area contributed by atoms with Gasteiger partial charge in [0.05, 0.1) is 27.1 Å². The molecule has 0 bridgehead atoms. The highest BCUT2D eigenvalue weighted by Gasteiger charge is 2.27. The zero-order chi connectivity index (χ0) is 21.0. The smallest absolute Gasteiger partial charge is 0.257 e. The Morgan fingerprint density at radius 3 is 2.55 bits per heavy atom. The predicted molar refractivity (Wildman–Crippen MR) is 113 cm³/mol. The van der Waals surface area contributed by atoms with Gasteiger partial charge >= 0.3 is 0 Å². The Morgan fingerprint density at radius 2 is 1.86 bits per heavy atom. The van der Waals surface area contributed by atoms with Gasteiger partial charge in [-0.15, -0.1) is 0 Å². The van der Waals surface area contributed by atoms with Crippen molar-refractivity contribution in [2.45, 2.75) is 11.3 Å². The fraction of sp³-hybridized carbons (Fsp3) is 0.222. The maximum Gasteiger partial charge on any atom is 0.257 e. The van der Waals surface area contributed by atoms with E-state index in [4.69, 9.17) is 0 Å². The Hall–Kier alpha value is -2.50. The van der Waals surface area contributed by atoms with E-state index in [0.29, 0.717) is 39.6 Å².